The summed E-state index contributed by atoms with van der Waals surface area (Å²) in [5, 5.41) is 15.0. The molecule has 1 N–H and O–H groups in total. The van der Waals surface area contributed by atoms with Crippen LogP contribution in [0.1, 0.15) is 10.4 Å². The summed E-state index contributed by atoms with van der Waals surface area (Å²) in [4.78, 5) is 28.9. The summed E-state index contributed by atoms with van der Waals surface area (Å²) in [7, 11) is 0. The number of rotatable bonds is 4. The van der Waals surface area contributed by atoms with Crippen molar-refractivity contribution in [1.82, 2.24) is 4.98 Å². The van der Waals surface area contributed by atoms with E-state index in [0.29, 0.717) is 18.3 Å². The van der Waals surface area contributed by atoms with Gasteiger partial charge in [0.2, 0.25) is 0 Å². The fourth-order valence-corrected chi connectivity index (χ4v) is 3.11. The average Bonchev–Trinajstić information content (AvgIpc) is 3.04. The first kappa shape index (κ1) is 15.4. The molecular formula is C14H14N4O4S. The third-order valence-corrected chi connectivity index (χ3v) is 4.36. The Hall–Kier alpha value is -2.52. The van der Waals surface area contributed by atoms with Gasteiger partial charge in [-0.25, -0.2) is 4.98 Å². The zero-order valence-electron chi connectivity index (χ0n) is 12.1. The molecule has 1 aliphatic rings. The number of hydrogen-bond donors (Lipinski definition) is 1. The Labute approximate surface area is 135 Å². The first-order valence-electron chi connectivity index (χ1n) is 6.98. The number of amides is 1. The number of carbonyl (C=O) groups is 1. The number of aromatic nitrogens is 1. The minimum absolute atomic E-state index is 0.0145. The van der Waals surface area contributed by atoms with E-state index in [0.717, 1.165) is 18.1 Å². The van der Waals surface area contributed by atoms with Crippen LogP contribution < -0.4 is 10.2 Å². The molecule has 1 aromatic heterocycles. The van der Waals surface area contributed by atoms with Crippen molar-refractivity contribution in [2.45, 2.75) is 0 Å². The van der Waals surface area contributed by atoms with Crippen molar-refractivity contribution >= 4 is 33.1 Å². The highest BCUT2D eigenvalue weighted by molar-refractivity contribution is 7.19. The molecule has 2 heterocycles. The Balaban J connectivity index is 1.73. The molecule has 3 rings (SSSR count). The van der Waals surface area contributed by atoms with Gasteiger partial charge in [0.15, 0.2) is 5.13 Å². The monoisotopic (exact) mass is 334 g/mol. The Kier molecular flexibility index (Phi) is 4.49. The standard InChI is InChI=1S/C14H14N4O4S/c19-13(10-3-1-2-4-11(10)18(20)21)16-14-15-9-12(23-14)17-5-7-22-8-6-17/h1-4,9H,5-8H2,(H,15,16,19). The molecule has 2 aromatic rings. The van der Waals surface area contributed by atoms with Gasteiger partial charge in [0, 0.05) is 19.2 Å². The number of nitrogens with zero attached hydrogens (tertiary/aromatic N) is 3. The average molecular weight is 334 g/mol. The van der Waals surface area contributed by atoms with E-state index in [1.54, 1.807) is 12.3 Å². The predicted molar refractivity (Wildman–Crippen MR) is 86.2 cm³/mol. The molecule has 9 heteroatoms. The number of ether oxygens (including phenoxy) is 1. The topological polar surface area (TPSA) is 97.6 Å². The molecule has 1 aromatic carbocycles. The maximum atomic E-state index is 12.2. The van der Waals surface area contributed by atoms with Crippen LogP contribution in [0.2, 0.25) is 0 Å². The molecule has 1 saturated heterocycles. The highest BCUT2D eigenvalue weighted by atomic mass is 32.1. The fraction of sp³-hybridized carbons (Fsp3) is 0.286. The quantitative estimate of drug-likeness (QED) is 0.679. The van der Waals surface area contributed by atoms with Gasteiger partial charge in [-0.05, 0) is 6.07 Å². The first-order chi connectivity index (χ1) is 11.1. The van der Waals surface area contributed by atoms with Crippen LogP contribution >= 0.6 is 11.3 Å². The minimum Gasteiger partial charge on any atom is -0.378 e. The Morgan fingerprint density at radius 2 is 2.09 bits per heavy atom. The van der Waals surface area contributed by atoms with Crippen molar-refractivity contribution in [3.63, 3.8) is 0 Å². The SMILES string of the molecule is O=C(Nc1ncc(N2CCOCC2)s1)c1ccccc1[N+](=O)[O-]. The van der Waals surface area contributed by atoms with Gasteiger partial charge in [-0.3, -0.25) is 20.2 Å². The third-order valence-electron chi connectivity index (χ3n) is 3.38. The molecule has 0 radical (unpaired) electrons. The molecule has 120 valence electrons. The summed E-state index contributed by atoms with van der Waals surface area (Å²) < 4.78 is 5.29. The van der Waals surface area contributed by atoms with Gasteiger partial charge in [-0.2, -0.15) is 0 Å². The van der Waals surface area contributed by atoms with Crippen LogP contribution in [0.4, 0.5) is 15.8 Å². The number of hydrogen-bond acceptors (Lipinski definition) is 7. The van der Waals surface area contributed by atoms with Crippen molar-refractivity contribution in [1.29, 1.82) is 0 Å². The molecule has 0 atom stereocenters. The number of anilines is 2. The van der Waals surface area contributed by atoms with Crippen molar-refractivity contribution in [3.05, 3.63) is 46.1 Å². The summed E-state index contributed by atoms with van der Waals surface area (Å²) in [6.07, 6.45) is 1.69. The molecule has 1 amide bonds. The summed E-state index contributed by atoms with van der Waals surface area (Å²) in [6.45, 7) is 2.88. The summed E-state index contributed by atoms with van der Waals surface area (Å²) in [5.74, 6) is -0.542. The third kappa shape index (κ3) is 3.46. The van der Waals surface area contributed by atoms with E-state index in [-0.39, 0.29) is 11.3 Å². The predicted octanol–water partition coefficient (Wildman–Crippen LogP) is 2.14. The largest absolute Gasteiger partial charge is 0.378 e. The van der Waals surface area contributed by atoms with Gasteiger partial charge in [0.1, 0.15) is 10.6 Å². The van der Waals surface area contributed by atoms with E-state index in [1.165, 1.54) is 29.5 Å². The lowest BCUT2D eigenvalue weighted by molar-refractivity contribution is -0.385. The van der Waals surface area contributed by atoms with Gasteiger partial charge in [0.25, 0.3) is 11.6 Å². The van der Waals surface area contributed by atoms with Crippen molar-refractivity contribution in [2.75, 3.05) is 36.5 Å². The highest BCUT2D eigenvalue weighted by Crippen LogP contribution is 2.28. The maximum absolute atomic E-state index is 12.2. The van der Waals surface area contributed by atoms with Crippen LogP contribution in [0.3, 0.4) is 0 Å². The van der Waals surface area contributed by atoms with Crippen molar-refractivity contribution in [2.24, 2.45) is 0 Å². The van der Waals surface area contributed by atoms with Crippen LogP contribution in [0.15, 0.2) is 30.5 Å². The molecule has 0 saturated carbocycles. The number of nitro groups is 1. The van der Waals surface area contributed by atoms with E-state index in [9.17, 15) is 14.9 Å². The molecule has 23 heavy (non-hydrogen) atoms. The fourth-order valence-electron chi connectivity index (χ4n) is 2.24. The lowest BCUT2D eigenvalue weighted by Crippen LogP contribution is -2.35. The zero-order chi connectivity index (χ0) is 16.2. The summed E-state index contributed by atoms with van der Waals surface area (Å²) in [5.41, 5.74) is -0.212. The lowest BCUT2D eigenvalue weighted by Gasteiger charge is -2.26. The molecule has 0 bridgehead atoms. The molecule has 1 fully saturated rings. The number of thiazole rings is 1. The molecule has 8 nitrogen and oxygen atoms in total. The molecule has 1 aliphatic heterocycles. The van der Waals surface area contributed by atoms with E-state index < -0.39 is 10.8 Å². The normalized spacial score (nSPS) is 14.5. The highest BCUT2D eigenvalue weighted by Gasteiger charge is 2.21. The molecule has 0 unspecified atom stereocenters. The van der Waals surface area contributed by atoms with Gasteiger partial charge in [-0.15, -0.1) is 0 Å². The second kappa shape index (κ2) is 6.71. The smallest absolute Gasteiger partial charge is 0.282 e. The second-order valence-corrected chi connectivity index (χ2v) is 5.84. The summed E-state index contributed by atoms with van der Waals surface area (Å²) in [6, 6.07) is 5.83. The van der Waals surface area contributed by atoms with Gasteiger partial charge < -0.3 is 9.64 Å². The lowest BCUT2D eigenvalue weighted by atomic mass is 10.1. The van der Waals surface area contributed by atoms with E-state index in [1.807, 2.05) is 0 Å². The van der Waals surface area contributed by atoms with Gasteiger partial charge >= 0.3 is 0 Å². The number of benzene rings is 1. The van der Waals surface area contributed by atoms with Crippen LogP contribution in [0.25, 0.3) is 0 Å². The second-order valence-electron chi connectivity index (χ2n) is 4.83. The van der Waals surface area contributed by atoms with Crippen LogP contribution in [-0.4, -0.2) is 42.1 Å². The van der Waals surface area contributed by atoms with Crippen molar-refractivity contribution in [3.8, 4) is 0 Å². The minimum atomic E-state index is -0.573. The molecule has 0 spiro atoms. The summed E-state index contributed by atoms with van der Waals surface area (Å²) >= 11 is 1.33. The molecular weight excluding hydrogens is 320 g/mol. The van der Waals surface area contributed by atoms with Crippen LogP contribution in [-0.2, 0) is 4.74 Å². The Morgan fingerprint density at radius 1 is 1.35 bits per heavy atom. The van der Waals surface area contributed by atoms with E-state index in [2.05, 4.69) is 15.2 Å². The number of carbonyl (C=O) groups excluding carboxylic acids is 1. The number of para-hydroxylation sites is 1. The van der Waals surface area contributed by atoms with Crippen molar-refractivity contribution < 1.29 is 14.5 Å². The van der Waals surface area contributed by atoms with Gasteiger partial charge in [-0.1, -0.05) is 23.5 Å². The Bertz CT molecular complexity index is 727. The van der Waals surface area contributed by atoms with E-state index in [4.69, 9.17) is 4.74 Å². The number of morpholine rings is 1. The molecule has 0 aliphatic carbocycles. The Morgan fingerprint density at radius 3 is 2.83 bits per heavy atom. The van der Waals surface area contributed by atoms with Crippen LogP contribution in [0, 0.1) is 10.1 Å². The number of nitrogens with one attached hydrogen (secondary N) is 1. The van der Waals surface area contributed by atoms with E-state index >= 15 is 0 Å². The first-order valence-corrected chi connectivity index (χ1v) is 7.80. The zero-order valence-corrected chi connectivity index (χ0v) is 12.9. The van der Waals surface area contributed by atoms with Crippen LogP contribution in [0.5, 0.6) is 0 Å². The number of nitro benzene ring substituents is 1. The van der Waals surface area contributed by atoms with Gasteiger partial charge in [0.05, 0.1) is 24.3 Å². The maximum Gasteiger partial charge on any atom is 0.282 e.